The van der Waals surface area contributed by atoms with Crippen LogP contribution in [0.3, 0.4) is 0 Å². The Labute approximate surface area is 112 Å². The highest BCUT2D eigenvalue weighted by molar-refractivity contribution is 4.88. The number of rotatable bonds is 5. The number of nitrogens with two attached hydrogens (primary N) is 1. The molecule has 2 rings (SSSR count). The lowest BCUT2D eigenvalue weighted by molar-refractivity contribution is 0.0511. The van der Waals surface area contributed by atoms with Crippen LogP contribution in [0.4, 0.5) is 0 Å². The molecule has 0 aromatic rings. The summed E-state index contributed by atoms with van der Waals surface area (Å²) in [5.41, 5.74) is 6.52. The molecule has 0 spiro atoms. The second kappa shape index (κ2) is 6.88. The Morgan fingerprint density at radius 1 is 1.22 bits per heavy atom. The third kappa shape index (κ3) is 3.69. The van der Waals surface area contributed by atoms with Crippen molar-refractivity contribution in [2.75, 3.05) is 39.9 Å². The van der Waals surface area contributed by atoms with E-state index in [4.69, 9.17) is 10.5 Å². The molecular formula is C15H30N2O. The fraction of sp³-hybridized carbons (Fsp3) is 1.00. The lowest BCUT2D eigenvalue weighted by Crippen LogP contribution is -2.47. The van der Waals surface area contributed by atoms with Crippen molar-refractivity contribution >= 4 is 0 Å². The molecule has 3 nitrogen and oxygen atoms in total. The number of piperidine rings is 1. The lowest BCUT2D eigenvalue weighted by Gasteiger charge is -2.43. The minimum atomic E-state index is 0.424. The van der Waals surface area contributed by atoms with Gasteiger partial charge in [-0.1, -0.05) is 19.3 Å². The Morgan fingerprint density at radius 3 is 2.67 bits per heavy atom. The molecule has 1 unspecified atom stereocenters. The monoisotopic (exact) mass is 254 g/mol. The Bertz CT molecular complexity index is 237. The predicted molar refractivity (Wildman–Crippen MR) is 75.6 cm³/mol. The zero-order valence-electron chi connectivity index (χ0n) is 12.0. The van der Waals surface area contributed by atoms with Crippen LogP contribution in [0.1, 0.15) is 44.9 Å². The minimum absolute atomic E-state index is 0.424. The molecule has 1 aliphatic heterocycles. The summed E-state index contributed by atoms with van der Waals surface area (Å²) in [6.07, 6.45) is 9.52. The maximum atomic E-state index is 6.10. The van der Waals surface area contributed by atoms with Gasteiger partial charge < -0.3 is 15.4 Å². The van der Waals surface area contributed by atoms with E-state index in [-0.39, 0.29) is 0 Å². The van der Waals surface area contributed by atoms with Crippen molar-refractivity contribution in [3.05, 3.63) is 0 Å². The minimum Gasteiger partial charge on any atom is -0.384 e. The van der Waals surface area contributed by atoms with Crippen LogP contribution >= 0.6 is 0 Å². The summed E-state index contributed by atoms with van der Waals surface area (Å²) >= 11 is 0. The van der Waals surface area contributed by atoms with Gasteiger partial charge in [0.05, 0.1) is 6.61 Å². The smallest absolute Gasteiger partial charge is 0.0502 e. The first-order chi connectivity index (χ1) is 8.78. The summed E-state index contributed by atoms with van der Waals surface area (Å²) in [5.74, 6) is 0.738. The van der Waals surface area contributed by atoms with Gasteiger partial charge in [-0.15, -0.1) is 0 Å². The zero-order valence-corrected chi connectivity index (χ0v) is 12.0. The largest absolute Gasteiger partial charge is 0.384 e. The summed E-state index contributed by atoms with van der Waals surface area (Å²) in [6.45, 7) is 5.51. The van der Waals surface area contributed by atoms with E-state index in [0.29, 0.717) is 5.41 Å². The molecule has 106 valence electrons. The fourth-order valence-electron chi connectivity index (χ4n) is 3.87. The zero-order chi connectivity index (χ0) is 12.8. The second-order valence-corrected chi connectivity index (χ2v) is 6.46. The van der Waals surface area contributed by atoms with Crippen molar-refractivity contribution < 1.29 is 4.74 Å². The predicted octanol–water partition coefficient (Wildman–Crippen LogP) is 2.25. The molecule has 2 fully saturated rings. The molecule has 1 atom stereocenters. The van der Waals surface area contributed by atoms with E-state index in [1.54, 1.807) is 0 Å². The summed E-state index contributed by atoms with van der Waals surface area (Å²) in [6, 6.07) is 0. The molecule has 0 radical (unpaired) electrons. The van der Waals surface area contributed by atoms with E-state index in [1.807, 2.05) is 7.11 Å². The fourth-order valence-corrected chi connectivity index (χ4v) is 3.87. The van der Waals surface area contributed by atoms with Crippen LogP contribution in [0.5, 0.6) is 0 Å². The van der Waals surface area contributed by atoms with Gasteiger partial charge in [0.25, 0.3) is 0 Å². The van der Waals surface area contributed by atoms with Gasteiger partial charge in [0.2, 0.25) is 0 Å². The van der Waals surface area contributed by atoms with E-state index >= 15 is 0 Å². The molecule has 1 saturated heterocycles. The van der Waals surface area contributed by atoms with Crippen molar-refractivity contribution in [1.82, 2.24) is 4.90 Å². The van der Waals surface area contributed by atoms with Gasteiger partial charge in [-0.05, 0) is 50.1 Å². The van der Waals surface area contributed by atoms with Crippen LogP contribution in [0.15, 0.2) is 0 Å². The molecule has 0 amide bonds. The summed E-state index contributed by atoms with van der Waals surface area (Å²) < 4.78 is 5.32. The summed E-state index contributed by atoms with van der Waals surface area (Å²) in [5, 5.41) is 0. The lowest BCUT2D eigenvalue weighted by atomic mass is 9.73. The molecular weight excluding hydrogens is 224 g/mol. The third-order valence-corrected chi connectivity index (χ3v) is 4.91. The first-order valence-electron chi connectivity index (χ1n) is 7.69. The SMILES string of the molecule is COCC1CCCN(CC2(CN)CCCCC2)C1. The molecule has 1 aliphatic carbocycles. The normalized spacial score (nSPS) is 29.3. The van der Waals surface area contributed by atoms with Gasteiger partial charge in [0.1, 0.15) is 0 Å². The number of ether oxygens (including phenoxy) is 1. The van der Waals surface area contributed by atoms with Gasteiger partial charge in [-0.25, -0.2) is 0 Å². The van der Waals surface area contributed by atoms with Gasteiger partial charge in [0, 0.05) is 20.2 Å². The average molecular weight is 254 g/mol. The van der Waals surface area contributed by atoms with Crippen molar-refractivity contribution in [1.29, 1.82) is 0 Å². The molecule has 2 N–H and O–H groups in total. The Kier molecular flexibility index (Phi) is 5.46. The first-order valence-corrected chi connectivity index (χ1v) is 7.69. The van der Waals surface area contributed by atoms with E-state index in [9.17, 15) is 0 Å². The van der Waals surface area contributed by atoms with Crippen LogP contribution in [0, 0.1) is 11.3 Å². The highest BCUT2D eigenvalue weighted by Crippen LogP contribution is 2.36. The van der Waals surface area contributed by atoms with Crippen molar-refractivity contribution in [3.8, 4) is 0 Å². The van der Waals surface area contributed by atoms with Gasteiger partial charge in [-0.2, -0.15) is 0 Å². The van der Waals surface area contributed by atoms with Crippen molar-refractivity contribution in [2.45, 2.75) is 44.9 Å². The van der Waals surface area contributed by atoms with E-state index in [1.165, 1.54) is 64.6 Å². The number of methoxy groups -OCH3 is 1. The van der Waals surface area contributed by atoms with E-state index in [0.717, 1.165) is 19.1 Å². The average Bonchev–Trinajstić information content (AvgIpc) is 2.41. The molecule has 3 heteroatoms. The highest BCUT2D eigenvalue weighted by Gasteiger charge is 2.33. The second-order valence-electron chi connectivity index (χ2n) is 6.46. The van der Waals surface area contributed by atoms with Gasteiger partial charge in [0.15, 0.2) is 0 Å². The number of likely N-dealkylation sites (tertiary alicyclic amines) is 1. The van der Waals surface area contributed by atoms with Crippen LogP contribution in [0.2, 0.25) is 0 Å². The van der Waals surface area contributed by atoms with Crippen LogP contribution < -0.4 is 5.73 Å². The molecule has 0 aromatic heterocycles. The quantitative estimate of drug-likeness (QED) is 0.818. The van der Waals surface area contributed by atoms with Gasteiger partial charge >= 0.3 is 0 Å². The van der Waals surface area contributed by atoms with E-state index in [2.05, 4.69) is 4.90 Å². The molecule has 2 aliphatic rings. The maximum absolute atomic E-state index is 6.10. The first kappa shape index (κ1) is 14.3. The van der Waals surface area contributed by atoms with Gasteiger partial charge in [-0.3, -0.25) is 0 Å². The third-order valence-electron chi connectivity index (χ3n) is 4.91. The molecule has 0 aromatic carbocycles. The van der Waals surface area contributed by atoms with Crippen LogP contribution in [-0.2, 0) is 4.74 Å². The Morgan fingerprint density at radius 2 is 2.00 bits per heavy atom. The van der Waals surface area contributed by atoms with E-state index < -0.39 is 0 Å². The summed E-state index contributed by atoms with van der Waals surface area (Å²) in [4.78, 5) is 2.66. The summed E-state index contributed by atoms with van der Waals surface area (Å²) in [7, 11) is 1.82. The topological polar surface area (TPSA) is 38.5 Å². The maximum Gasteiger partial charge on any atom is 0.0502 e. The van der Waals surface area contributed by atoms with Crippen LogP contribution in [-0.4, -0.2) is 44.8 Å². The number of hydrogen-bond donors (Lipinski definition) is 1. The molecule has 0 bridgehead atoms. The van der Waals surface area contributed by atoms with Crippen molar-refractivity contribution in [3.63, 3.8) is 0 Å². The highest BCUT2D eigenvalue weighted by atomic mass is 16.5. The number of nitrogens with zero attached hydrogens (tertiary/aromatic N) is 1. The Balaban J connectivity index is 1.86. The van der Waals surface area contributed by atoms with Crippen LogP contribution in [0.25, 0.3) is 0 Å². The Hall–Kier alpha value is -0.120. The standard InChI is InChI=1S/C15H30N2O/c1-18-11-14-6-5-9-17(10-14)13-15(12-16)7-3-2-4-8-15/h14H,2-13,16H2,1H3. The van der Waals surface area contributed by atoms with Crippen molar-refractivity contribution in [2.24, 2.45) is 17.1 Å². The molecule has 18 heavy (non-hydrogen) atoms. The molecule has 1 heterocycles. The number of hydrogen-bond acceptors (Lipinski definition) is 3. The molecule has 1 saturated carbocycles.